The van der Waals surface area contributed by atoms with Crippen molar-refractivity contribution in [3.05, 3.63) is 34.9 Å². The van der Waals surface area contributed by atoms with Crippen LogP contribution >= 0.6 is 11.8 Å². The van der Waals surface area contributed by atoms with Crippen molar-refractivity contribution in [3.8, 4) is 0 Å². The maximum atomic E-state index is 12.8. The molecule has 2 rings (SSSR count). The standard InChI is InChI=1S/C13H13F6NS/c1-7-5-20-11(6-21-7)8-2-9(12(14,15)16)4-10(3-8)13(17,18)19/h2-4,7,11,20H,5-6H2,1H3. The SMILES string of the molecule is CC1CNC(c2cc(C(F)(F)F)cc(C(F)(F)F)c2)CS1. The summed E-state index contributed by atoms with van der Waals surface area (Å²) in [6.45, 7) is 2.49. The lowest BCUT2D eigenvalue weighted by molar-refractivity contribution is -0.143. The van der Waals surface area contributed by atoms with Crippen molar-refractivity contribution in [3.63, 3.8) is 0 Å². The molecule has 1 heterocycles. The molecule has 1 aliphatic rings. The van der Waals surface area contributed by atoms with Crippen molar-refractivity contribution in [1.29, 1.82) is 0 Å². The monoisotopic (exact) mass is 329 g/mol. The molecule has 0 saturated carbocycles. The minimum atomic E-state index is -4.80. The molecule has 0 radical (unpaired) electrons. The number of nitrogens with one attached hydrogen (secondary N) is 1. The Kier molecular flexibility index (Phi) is 4.49. The van der Waals surface area contributed by atoms with E-state index in [2.05, 4.69) is 5.32 Å². The smallest absolute Gasteiger partial charge is 0.308 e. The Balaban J connectivity index is 2.41. The van der Waals surface area contributed by atoms with E-state index in [4.69, 9.17) is 0 Å². The number of benzene rings is 1. The van der Waals surface area contributed by atoms with E-state index in [1.165, 1.54) is 11.8 Å². The zero-order valence-electron chi connectivity index (χ0n) is 11.0. The fourth-order valence-electron chi connectivity index (χ4n) is 2.08. The van der Waals surface area contributed by atoms with Gasteiger partial charge in [0.05, 0.1) is 11.1 Å². The summed E-state index contributed by atoms with van der Waals surface area (Å²) in [7, 11) is 0. The fourth-order valence-corrected chi connectivity index (χ4v) is 3.13. The van der Waals surface area contributed by atoms with Gasteiger partial charge in [0.2, 0.25) is 0 Å². The molecular formula is C13H13F6NS. The Morgan fingerprint density at radius 2 is 1.52 bits per heavy atom. The number of alkyl halides is 6. The maximum absolute atomic E-state index is 12.8. The highest BCUT2D eigenvalue weighted by Gasteiger charge is 2.37. The van der Waals surface area contributed by atoms with E-state index in [1.807, 2.05) is 6.92 Å². The normalized spacial score (nSPS) is 24.1. The van der Waals surface area contributed by atoms with Gasteiger partial charge in [0.15, 0.2) is 0 Å². The van der Waals surface area contributed by atoms with Crippen LogP contribution in [0.4, 0.5) is 26.3 Å². The molecule has 1 aliphatic heterocycles. The van der Waals surface area contributed by atoms with E-state index in [9.17, 15) is 26.3 Å². The fraction of sp³-hybridized carbons (Fsp3) is 0.538. The number of hydrogen-bond acceptors (Lipinski definition) is 2. The Labute approximate surface area is 122 Å². The summed E-state index contributed by atoms with van der Waals surface area (Å²) in [5.41, 5.74) is -2.51. The molecule has 118 valence electrons. The van der Waals surface area contributed by atoms with Crippen LogP contribution in [0.3, 0.4) is 0 Å². The molecule has 0 aliphatic carbocycles. The second kappa shape index (κ2) is 5.72. The first-order chi connectivity index (χ1) is 9.57. The van der Waals surface area contributed by atoms with Crippen LogP contribution in [0.1, 0.15) is 29.7 Å². The third kappa shape index (κ3) is 4.06. The van der Waals surface area contributed by atoms with Gasteiger partial charge in [0.25, 0.3) is 0 Å². The van der Waals surface area contributed by atoms with Gasteiger partial charge < -0.3 is 5.32 Å². The van der Waals surface area contributed by atoms with Crippen molar-refractivity contribution < 1.29 is 26.3 Å². The van der Waals surface area contributed by atoms with Gasteiger partial charge in [0.1, 0.15) is 0 Å². The van der Waals surface area contributed by atoms with Crippen molar-refractivity contribution in [1.82, 2.24) is 5.32 Å². The molecule has 0 spiro atoms. The van der Waals surface area contributed by atoms with Gasteiger partial charge in [-0.1, -0.05) is 6.92 Å². The number of thioether (sulfide) groups is 1. The zero-order valence-corrected chi connectivity index (χ0v) is 11.8. The molecule has 1 aromatic rings. The molecule has 1 N–H and O–H groups in total. The van der Waals surface area contributed by atoms with Crippen LogP contribution in [-0.4, -0.2) is 17.5 Å². The number of hydrogen-bond donors (Lipinski definition) is 1. The van der Waals surface area contributed by atoms with Crippen LogP contribution in [0.25, 0.3) is 0 Å². The van der Waals surface area contributed by atoms with Gasteiger partial charge in [-0.15, -0.1) is 0 Å². The summed E-state index contributed by atoms with van der Waals surface area (Å²) >= 11 is 1.52. The molecule has 0 aromatic heterocycles. The van der Waals surface area contributed by atoms with Crippen LogP contribution in [0.5, 0.6) is 0 Å². The van der Waals surface area contributed by atoms with Gasteiger partial charge in [-0.05, 0) is 23.8 Å². The van der Waals surface area contributed by atoms with Crippen molar-refractivity contribution in [2.75, 3.05) is 12.3 Å². The molecule has 1 fully saturated rings. The maximum Gasteiger partial charge on any atom is 0.416 e. The Bertz CT molecular complexity index is 470. The van der Waals surface area contributed by atoms with E-state index in [0.717, 1.165) is 12.1 Å². The van der Waals surface area contributed by atoms with E-state index < -0.39 is 29.5 Å². The van der Waals surface area contributed by atoms with E-state index in [-0.39, 0.29) is 16.9 Å². The lowest BCUT2D eigenvalue weighted by Crippen LogP contribution is -2.34. The first kappa shape index (κ1) is 16.5. The number of halogens is 6. The summed E-state index contributed by atoms with van der Waals surface area (Å²) in [6.07, 6.45) is -9.60. The molecular weight excluding hydrogens is 316 g/mol. The van der Waals surface area contributed by atoms with Crippen molar-refractivity contribution in [2.24, 2.45) is 0 Å². The third-order valence-corrected chi connectivity index (χ3v) is 4.47. The minimum absolute atomic E-state index is 0.0246. The quantitative estimate of drug-likeness (QED) is 0.762. The van der Waals surface area contributed by atoms with Crippen LogP contribution < -0.4 is 5.32 Å². The van der Waals surface area contributed by atoms with E-state index in [1.54, 1.807) is 0 Å². The van der Waals surface area contributed by atoms with Crippen molar-refractivity contribution in [2.45, 2.75) is 30.6 Å². The zero-order chi connectivity index (χ0) is 15.8. The van der Waals surface area contributed by atoms with Crippen molar-refractivity contribution >= 4 is 11.8 Å². The van der Waals surface area contributed by atoms with Crippen LogP contribution in [0.2, 0.25) is 0 Å². The highest BCUT2D eigenvalue weighted by atomic mass is 32.2. The van der Waals surface area contributed by atoms with Crippen LogP contribution in [0, 0.1) is 0 Å². The molecule has 21 heavy (non-hydrogen) atoms. The van der Waals surface area contributed by atoms with Crippen LogP contribution in [0.15, 0.2) is 18.2 Å². The first-order valence-corrected chi connectivity index (χ1v) is 7.26. The van der Waals surface area contributed by atoms with Gasteiger partial charge in [-0.2, -0.15) is 38.1 Å². The van der Waals surface area contributed by atoms with Crippen LogP contribution in [-0.2, 0) is 12.4 Å². The third-order valence-electron chi connectivity index (χ3n) is 3.21. The lowest BCUT2D eigenvalue weighted by Gasteiger charge is -2.28. The predicted octanol–water partition coefficient (Wildman–Crippen LogP) is 4.49. The highest BCUT2D eigenvalue weighted by molar-refractivity contribution is 8.00. The van der Waals surface area contributed by atoms with Gasteiger partial charge in [0, 0.05) is 23.6 Å². The summed E-state index contributed by atoms with van der Waals surface area (Å²) in [4.78, 5) is 0. The van der Waals surface area contributed by atoms with Gasteiger partial charge >= 0.3 is 12.4 Å². The summed E-state index contributed by atoms with van der Waals surface area (Å²) in [6, 6.07) is 1.24. The molecule has 0 amide bonds. The van der Waals surface area contributed by atoms with Gasteiger partial charge in [-0.25, -0.2) is 0 Å². The Hall–Kier alpha value is -0.890. The Morgan fingerprint density at radius 3 is 1.90 bits per heavy atom. The minimum Gasteiger partial charge on any atom is -0.308 e. The highest BCUT2D eigenvalue weighted by Crippen LogP contribution is 2.38. The molecule has 8 heteroatoms. The number of rotatable bonds is 1. The second-order valence-electron chi connectivity index (χ2n) is 4.94. The largest absolute Gasteiger partial charge is 0.416 e. The molecule has 2 atom stereocenters. The average Bonchev–Trinajstić information content (AvgIpc) is 2.37. The summed E-state index contributed by atoms with van der Waals surface area (Å²) in [5.74, 6) is 0.444. The topological polar surface area (TPSA) is 12.0 Å². The second-order valence-corrected chi connectivity index (χ2v) is 6.42. The van der Waals surface area contributed by atoms with E-state index >= 15 is 0 Å². The molecule has 1 nitrogen and oxygen atoms in total. The first-order valence-electron chi connectivity index (χ1n) is 6.22. The molecule has 0 bridgehead atoms. The Morgan fingerprint density at radius 1 is 1.00 bits per heavy atom. The predicted molar refractivity (Wildman–Crippen MR) is 69.1 cm³/mol. The summed E-state index contributed by atoms with van der Waals surface area (Å²) < 4.78 is 76.6. The lowest BCUT2D eigenvalue weighted by atomic mass is 10.00. The molecule has 1 saturated heterocycles. The molecule has 1 aromatic carbocycles. The average molecular weight is 329 g/mol. The molecule has 2 unspecified atom stereocenters. The van der Waals surface area contributed by atoms with E-state index in [0.29, 0.717) is 12.3 Å². The van der Waals surface area contributed by atoms with Gasteiger partial charge in [-0.3, -0.25) is 0 Å². The summed E-state index contributed by atoms with van der Waals surface area (Å²) in [5, 5.41) is 3.27.